The standard InChI is InChI=1S/C20H17ClN4S/c1-13-8-9-14(11-17(13)21)23-20-24-18-7-3-2-6-16(18)19(25-20)22-12-15-5-4-10-26-15/h2-11H,12H2,1H3,(H2,22,23,24,25). The molecule has 2 aromatic carbocycles. The molecule has 2 aromatic heterocycles. The first kappa shape index (κ1) is 16.8. The summed E-state index contributed by atoms with van der Waals surface area (Å²) >= 11 is 7.94. The third kappa shape index (κ3) is 3.64. The molecule has 4 nitrogen and oxygen atoms in total. The SMILES string of the molecule is Cc1ccc(Nc2nc(NCc3cccs3)c3ccccc3n2)cc1Cl. The lowest BCUT2D eigenvalue weighted by Crippen LogP contribution is -2.05. The predicted octanol–water partition coefficient (Wildman–Crippen LogP) is 6.01. The molecule has 0 amide bonds. The van der Waals surface area contributed by atoms with Gasteiger partial charge in [0.25, 0.3) is 0 Å². The number of halogens is 1. The van der Waals surface area contributed by atoms with Crippen LogP contribution in [0.3, 0.4) is 0 Å². The summed E-state index contributed by atoms with van der Waals surface area (Å²) in [5.74, 6) is 1.35. The molecular formula is C20H17ClN4S. The summed E-state index contributed by atoms with van der Waals surface area (Å²) in [5, 5.41) is 10.5. The molecule has 0 spiro atoms. The normalized spacial score (nSPS) is 10.8. The zero-order chi connectivity index (χ0) is 17.9. The maximum absolute atomic E-state index is 6.22. The number of aromatic nitrogens is 2. The Balaban J connectivity index is 1.67. The highest BCUT2D eigenvalue weighted by molar-refractivity contribution is 7.09. The van der Waals surface area contributed by atoms with Crippen LogP contribution in [0.2, 0.25) is 5.02 Å². The fourth-order valence-corrected chi connectivity index (χ4v) is 3.48. The second kappa shape index (κ2) is 7.32. The summed E-state index contributed by atoms with van der Waals surface area (Å²) in [5.41, 5.74) is 2.78. The second-order valence-electron chi connectivity index (χ2n) is 5.93. The fraction of sp³-hybridized carbons (Fsp3) is 0.100. The summed E-state index contributed by atoms with van der Waals surface area (Å²) in [4.78, 5) is 10.6. The Morgan fingerprint density at radius 1 is 1.04 bits per heavy atom. The van der Waals surface area contributed by atoms with Crippen LogP contribution in [0.15, 0.2) is 60.0 Å². The van der Waals surface area contributed by atoms with Gasteiger partial charge in [-0.05, 0) is 48.2 Å². The van der Waals surface area contributed by atoms with Gasteiger partial charge in [-0.25, -0.2) is 4.98 Å². The first-order chi connectivity index (χ1) is 12.7. The van der Waals surface area contributed by atoms with Crippen LogP contribution in [0, 0.1) is 6.92 Å². The quantitative estimate of drug-likeness (QED) is 0.445. The number of nitrogens with zero attached hydrogens (tertiary/aromatic N) is 2. The van der Waals surface area contributed by atoms with E-state index in [2.05, 4.69) is 32.0 Å². The van der Waals surface area contributed by atoms with Crippen molar-refractivity contribution in [3.8, 4) is 0 Å². The van der Waals surface area contributed by atoms with Crippen molar-refractivity contribution in [3.05, 3.63) is 75.4 Å². The van der Waals surface area contributed by atoms with E-state index >= 15 is 0 Å². The topological polar surface area (TPSA) is 49.8 Å². The van der Waals surface area contributed by atoms with Gasteiger partial charge in [0.15, 0.2) is 0 Å². The van der Waals surface area contributed by atoms with Crippen molar-refractivity contribution in [1.29, 1.82) is 0 Å². The van der Waals surface area contributed by atoms with E-state index < -0.39 is 0 Å². The summed E-state index contributed by atoms with van der Waals surface area (Å²) < 4.78 is 0. The van der Waals surface area contributed by atoms with Gasteiger partial charge in [0.05, 0.1) is 12.1 Å². The van der Waals surface area contributed by atoms with Gasteiger partial charge in [-0.1, -0.05) is 35.9 Å². The maximum atomic E-state index is 6.22. The van der Waals surface area contributed by atoms with Crippen LogP contribution in [0.5, 0.6) is 0 Å². The van der Waals surface area contributed by atoms with Crippen LogP contribution in [0.25, 0.3) is 10.9 Å². The maximum Gasteiger partial charge on any atom is 0.229 e. The third-order valence-electron chi connectivity index (χ3n) is 4.04. The van der Waals surface area contributed by atoms with Crippen LogP contribution in [-0.2, 0) is 6.54 Å². The number of hydrogen-bond donors (Lipinski definition) is 2. The highest BCUT2D eigenvalue weighted by Crippen LogP contribution is 2.26. The molecule has 0 saturated carbocycles. The lowest BCUT2D eigenvalue weighted by molar-refractivity contribution is 1.13. The summed E-state index contributed by atoms with van der Waals surface area (Å²) in [6.45, 7) is 2.71. The Morgan fingerprint density at radius 2 is 1.92 bits per heavy atom. The van der Waals surface area contributed by atoms with Crippen molar-refractivity contribution >= 4 is 51.3 Å². The van der Waals surface area contributed by atoms with Crippen molar-refractivity contribution in [1.82, 2.24) is 9.97 Å². The fourth-order valence-electron chi connectivity index (χ4n) is 2.65. The largest absolute Gasteiger partial charge is 0.364 e. The van der Waals surface area contributed by atoms with Gasteiger partial charge in [0.1, 0.15) is 5.82 Å². The van der Waals surface area contributed by atoms with E-state index in [1.807, 2.05) is 55.5 Å². The van der Waals surface area contributed by atoms with Crippen molar-refractivity contribution in [2.24, 2.45) is 0 Å². The van der Waals surface area contributed by atoms with Crippen molar-refractivity contribution < 1.29 is 0 Å². The van der Waals surface area contributed by atoms with E-state index in [-0.39, 0.29) is 0 Å². The molecule has 0 aliphatic rings. The number of anilines is 3. The Bertz CT molecular complexity index is 1050. The molecule has 26 heavy (non-hydrogen) atoms. The average Bonchev–Trinajstić information content (AvgIpc) is 3.16. The monoisotopic (exact) mass is 380 g/mol. The molecule has 2 heterocycles. The minimum atomic E-state index is 0.539. The van der Waals surface area contributed by atoms with Crippen molar-refractivity contribution in [2.45, 2.75) is 13.5 Å². The predicted molar refractivity (Wildman–Crippen MR) is 111 cm³/mol. The van der Waals surface area contributed by atoms with Crippen LogP contribution in [-0.4, -0.2) is 9.97 Å². The molecule has 0 radical (unpaired) electrons. The third-order valence-corrected chi connectivity index (χ3v) is 5.32. The summed E-state index contributed by atoms with van der Waals surface area (Å²) in [6, 6.07) is 18.0. The minimum absolute atomic E-state index is 0.539. The Morgan fingerprint density at radius 3 is 2.73 bits per heavy atom. The number of rotatable bonds is 5. The number of nitrogens with one attached hydrogen (secondary N) is 2. The van der Waals surface area contributed by atoms with Gasteiger partial charge in [-0.3, -0.25) is 0 Å². The molecule has 0 bridgehead atoms. The van der Waals surface area contributed by atoms with Crippen LogP contribution >= 0.6 is 22.9 Å². The van der Waals surface area contributed by atoms with E-state index in [1.54, 1.807) is 11.3 Å². The number of aryl methyl sites for hydroxylation is 1. The first-order valence-corrected chi connectivity index (χ1v) is 9.51. The Kier molecular flexibility index (Phi) is 4.73. The van der Waals surface area contributed by atoms with Crippen LogP contribution in [0.4, 0.5) is 17.5 Å². The second-order valence-corrected chi connectivity index (χ2v) is 7.37. The molecule has 0 saturated heterocycles. The lowest BCUT2D eigenvalue weighted by Gasteiger charge is -2.12. The van der Waals surface area contributed by atoms with Crippen LogP contribution < -0.4 is 10.6 Å². The van der Waals surface area contributed by atoms with Gasteiger partial charge in [-0.15, -0.1) is 11.3 Å². The van der Waals surface area contributed by atoms with Crippen molar-refractivity contribution in [3.63, 3.8) is 0 Å². The smallest absolute Gasteiger partial charge is 0.229 e. The molecule has 0 atom stereocenters. The van der Waals surface area contributed by atoms with Crippen molar-refractivity contribution in [2.75, 3.05) is 10.6 Å². The Labute approximate surface area is 160 Å². The summed E-state index contributed by atoms with van der Waals surface area (Å²) in [7, 11) is 0. The van der Waals surface area contributed by atoms with Gasteiger partial charge in [0, 0.05) is 21.0 Å². The molecule has 4 aromatic rings. The molecule has 130 valence electrons. The molecule has 0 fully saturated rings. The highest BCUT2D eigenvalue weighted by atomic mass is 35.5. The molecule has 2 N–H and O–H groups in total. The molecule has 0 aliphatic carbocycles. The molecular weight excluding hydrogens is 364 g/mol. The van der Waals surface area contributed by atoms with E-state index in [1.165, 1.54) is 4.88 Å². The number of hydrogen-bond acceptors (Lipinski definition) is 5. The average molecular weight is 381 g/mol. The number of benzene rings is 2. The number of fused-ring (bicyclic) bond motifs is 1. The zero-order valence-electron chi connectivity index (χ0n) is 14.2. The first-order valence-electron chi connectivity index (χ1n) is 8.25. The van der Waals surface area contributed by atoms with E-state index in [0.717, 1.165) is 34.5 Å². The van der Waals surface area contributed by atoms with Gasteiger partial charge in [-0.2, -0.15) is 4.98 Å². The van der Waals surface area contributed by atoms with Gasteiger partial charge < -0.3 is 10.6 Å². The van der Waals surface area contributed by atoms with Gasteiger partial charge >= 0.3 is 0 Å². The number of thiophene rings is 1. The number of para-hydroxylation sites is 1. The van der Waals surface area contributed by atoms with Crippen LogP contribution in [0.1, 0.15) is 10.4 Å². The lowest BCUT2D eigenvalue weighted by atomic mass is 10.2. The van der Waals surface area contributed by atoms with E-state index in [0.29, 0.717) is 11.0 Å². The molecule has 0 aliphatic heterocycles. The zero-order valence-corrected chi connectivity index (χ0v) is 15.7. The molecule has 6 heteroatoms. The van der Waals surface area contributed by atoms with E-state index in [9.17, 15) is 0 Å². The Hall–Kier alpha value is -2.63. The highest BCUT2D eigenvalue weighted by Gasteiger charge is 2.08. The molecule has 0 unspecified atom stereocenters. The van der Waals surface area contributed by atoms with Gasteiger partial charge in [0.2, 0.25) is 5.95 Å². The summed E-state index contributed by atoms with van der Waals surface area (Å²) in [6.07, 6.45) is 0. The molecule has 4 rings (SSSR count). The van der Waals surface area contributed by atoms with E-state index in [4.69, 9.17) is 11.6 Å². The minimum Gasteiger partial charge on any atom is -0.364 e.